The van der Waals surface area contributed by atoms with E-state index in [0.29, 0.717) is 29.1 Å². The van der Waals surface area contributed by atoms with Crippen molar-refractivity contribution in [2.75, 3.05) is 17.2 Å². The molecule has 1 aliphatic carbocycles. The van der Waals surface area contributed by atoms with Crippen molar-refractivity contribution in [3.8, 4) is 0 Å². The third kappa shape index (κ3) is 4.99. The molecule has 13 heteroatoms. The van der Waals surface area contributed by atoms with Crippen molar-refractivity contribution in [2.45, 2.75) is 44.9 Å². The van der Waals surface area contributed by atoms with Crippen LogP contribution in [0.3, 0.4) is 0 Å². The number of hydrogen-bond donors (Lipinski definition) is 4. The number of anilines is 2. The van der Waals surface area contributed by atoms with Gasteiger partial charge >= 0.3 is 12.1 Å². The molecule has 3 heterocycles. The molecule has 0 unspecified atom stereocenters. The fraction of sp³-hybridized carbons (Fsp3) is 0.391. The van der Waals surface area contributed by atoms with Crippen molar-refractivity contribution >= 4 is 34.9 Å². The van der Waals surface area contributed by atoms with Gasteiger partial charge in [0.15, 0.2) is 0 Å². The van der Waals surface area contributed by atoms with Crippen LogP contribution in [0.15, 0.2) is 24.3 Å². The number of primary amides is 1. The molecule has 0 bridgehead atoms. The molecule has 36 heavy (non-hydrogen) atoms. The van der Waals surface area contributed by atoms with Crippen LogP contribution in [0.2, 0.25) is 0 Å². The summed E-state index contributed by atoms with van der Waals surface area (Å²) in [5.41, 5.74) is 5.79. The molecule has 3 amide bonds. The van der Waals surface area contributed by atoms with Crippen LogP contribution in [0.5, 0.6) is 0 Å². The van der Waals surface area contributed by atoms with E-state index in [1.165, 1.54) is 11.0 Å². The van der Waals surface area contributed by atoms with Gasteiger partial charge in [0, 0.05) is 11.7 Å². The fourth-order valence-corrected chi connectivity index (χ4v) is 4.57. The van der Waals surface area contributed by atoms with Gasteiger partial charge in [0.1, 0.15) is 17.6 Å². The summed E-state index contributed by atoms with van der Waals surface area (Å²) in [7, 11) is 0. The standard InChI is InChI=1S/C23H24F3N7O3/c1-10-6-13(19(27)21(28)35)20(11(2)30-10)29-9-18(34)33-14-7-12(14)8-15(33)22(36)32-17-5-3-4-16(31-17)23(24,25)26/h3-6,12,14-15,27,29H,7-9H2,1-2H3,(H2,28,35)(H,31,32,36)/p+1/t12-,14-,15+/m1/s1. The molecule has 6 N–H and O–H groups in total. The Balaban J connectivity index is 1.48. The average Bonchev–Trinajstić information content (AvgIpc) is 3.45. The highest BCUT2D eigenvalue weighted by atomic mass is 19.4. The number of halogens is 3. The van der Waals surface area contributed by atoms with Crippen molar-refractivity contribution in [1.29, 1.82) is 0 Å². The van der Waals surface area contributed by atoms with E-state index < -0.39 is 29.7 Å². The number of aromatic nitrogens is 2. The lowest BCUT2D eigenvalue weighted by molar-refractivity contribution is -0.141. The first-order chi connectivity index (χ1) is 16.9. The number of alkyl halides is 3. The number of hydrogen-bond acceptors (Lipinski definition) is 6. The van der Waals surface area contributed by atoms with Gasteiger partial charge in [-0.1, -0.05) is 6.07 Å². The lowest BCUT2D eigenvalue weighted by Crippen LogP contribution is -2.49. The number of carbonyl (C=O) groups excluding carboxylic acids is 3. The van der Waals surface area contributed by atoms with Gasteiger partial charge in [0.2, 0.25) is 11.8 Å². The lowest BCUT2D eigenvalue weighted by Gasteiger charge is -2.27. The number of nitrogens with two attached hydrogens (primary N) is 2. The number of rotatable bonds is 7. The fourth-order valence-electron chi connectivity index (χ4n) is 4.57. The molecule has 1 saturated heterocycles. The second-order valence-corrected chi connectivity index (χ2v) is 8.91. The lowest BCUT2D eigenvalue weighted by atomic mass is 10.1. The molecule has 2 aliphatic rings. The Bertz CT molecular complexity index is 1260. The van der Waals surface area contributed by atoms with E-state index in [1.54, 1.807) is 19.9 Å². The highest BCUT2D eigenvalue weighted by molar-refractivity contribution is 6.43. The number of amides is 3. The van der Waals surface area contributed by atoms with E-state index >= 15 is 0 Å². The minimum absolute atomic E-state index is 0.122. The normalized spacial score (nSPS) is 20.5. The summed E-state index contributed by atoms with van der Waals surface area (Å²) in [6.45, 7) is 3.18. The second-order valence-electron chi connectivity index (χ2n) is 8.91. The number of pyridine rings is 2. The third-order valence-electron chi connectivity index (χ3n) is 6.29. The Morgan fingerprint density at radius 3 is 2.58 bits per heavy atom. The Kier molecular flexibility index (Phi) is 6.41. The molecule has 0 spiro atoms. The van der Waals surface area contributed by atoms with E-state index in [1.807, 2.05) is 0 Å². The molecule has 0 aromatic carbocycles. The number of fused-ring (bicyclic) bond motifs is 1. The van der Waals surface area contributed by atoms with Crippen LogP contribution >= 0.6 is 0 Å². The Morgan fingerprint density at radius 2 is 1.92 bits per heavy atom. The maximum atomic E-state index is 13.2. The number of carbonyl (C=O) groups is 3. The van der Waals surface area contributed by atoms with E-state index in [2.05, 4.69) is 20.6 Å². The molecular formula is C23H25F3N7O3+. The molecule has 4 rings (SSSR count). The smallest absolute Gasteiger partial charge is 0.374 e. The summed E-state index contributed by atoms with van der Waals surface area (Å²) >= 11 is 0. The van der Waals surface area contributed by atoms with Crippen molar-refractivity contribution in [1.82, 2.24) is 14.9 Å². The van der Waals surface area contributed by atoms with Crippen LogP contribution in [0.25, 0.3) is 0 Å². The van der Waals surface area contributed by atoms with Crippen LogP contribution in [0.1, 0.15) is 35.5 Å². The SMILES string of the molecule is Cc1cc(C(=[NH2+])C(N)=O)c(NCC(=O)N2[C@@H]3C[C@@H]3C[C@H]2C(=O)Nc2cccc(C(F)(F)F)n2)c(C)n1. The Morgan fingerprint density at radius 1 is 1.19 bits per heavy atom. The van der Waals surface area contributed by atoms with Crippen LogP contribution in [0, 0.1) is 19.8 Å². The summed E-state index contributed by atoms with van der Waals surface area (Å²) in [4.78, 5) is 47.0. The number of piperidine rings is 1. The molecule has 2 aromatic heterocycles. The van der Waals surface area contributed by atoms with Gasteiger partial charge in [0.25, 0.3) is 5.71 Å². The van der Waals surface area contributed by atoms with Crippen LogP contribution in [0.4, 0.5) is 24.7 Å². The van der Waals surface area contributed by atoms with Crippen molar-refractivity contribution in [3.05, 3.63) is 46.9 Å². The number of likely N-dealkylation sites (tertiary alicyclic amines) is 1. The van der Waals surface area contributed by atoms with E-state index in [4.69, 9.17) is 11.1 Å². The van der Waals surface area contributed by atoms with E-state index in [0.717, 1.165) is 18.6 Å². The minimum atomic E-state index is -4.65. The van der Waals surface area contributed by atoms with Gasteiger partial charge in [-0.3, -0.25) is 19.4 Å². The van der Waals surface area contributed by atoms with Crippen LogP contribution in [-0.2, 0) is 20.6 Å². The van der Waals surface area contributed by atoms with Gasteiger partial charge in [-0.05, 0) is 50.8 Å². The zero-order valence-electron chi connectivity index (χ0n) is 19.5. The quantitative estimate of drug-likeness (QED) is 0.395. The zero-order chi connectivity index (χ0) is 26.4. The van der Waals surface area contributed by atoms with E-state index in [-0.39, 0.29) is 35.9 Å². The maximum absolute atomic E-state index is 13.2. The first kappa shape index (κ1) is 25.1. The average molecular weight is 504 g/mol. The van der Waals surface area contributed by atoms with Crippen molar-refractivity contribution in [3.63, 3.8) is 0 Å². The van der Waals surface area contributed by atoms with Crippen LogP contribution in [-0.4, -0.2) is 56.9 Å². The number of nitrogens with zero attached hydrogens (tertiary/aromatic N) is 3. The van der Waals surface area contributed by atoms with Gasteiger partial charge in [-0.15, -0.1) is 0 Å². The largest absolute Gasteiger partial charge is 0.433 e. The minimum Gasteiger partial charge on any atom is -0.374 e. The molecular weight excluding hydrogens is 479 g/mol. The molecule has 10 nitrogen and oxygen atoms in total. The molecule has 190 valence electrons. The van der Waals surface area contributed by atoms with Gasteiger partial charge in [-0.2, -0.15) is 13.2 Å². The number of aryl methyl sites for hydroxylation is 2. The highest BCUT2D eigenvalue weighted by Crippen LogP contribution is 2.48. The summed E-state index contributed by atoms with van der Waals surface area (Å²) in [6, 6.07) is 3.81. The van der Waals surface area contributed by atoms with Gasteiger partial charge in [-0.25, -0.2) is 10.4 Å². The highest BCUT2D eigenvalue weighted by Gasteiger charge is 2.56. The monoisotopic (exact) mass is 504 g/mol. The Labute approximate surface area is 204 Å². The van der Waals surface area contributed by atoms with Crippen LogP contribution < -0.4 is 21.8 Å². The van der Waals surface area contributed by atoms with E-state index in [9.17, 15) is 27.6 Å². The zero-order valence-corrected chi connectivity index (χ0v) is 19.5. The second kappa shape index (κ2) is 9.21. The predicted octanol–water partition coefficient (Wildman–Crippen LogP) is 0.186. The molecule has 1 aliphatic heterocycles. The summed E-state index contributed by atoms with van der Waals surface area (Å²) in [5, 5.41) is 11.2. The topological polar surface area (TPSA) is 156 Å². The predicted molar refractivity (Wildman–Crippen MR) is 122 cm³/mol. The molecule has 3 atom stereocenters. The third-order valence-corrected chi connectivity index (χ3v) is 6.29. The van der Waals surface area contributed by atoms with Crippen molar-refractivity contribution < 1.29 is 33.0 Å². The first-order valence-corrected chi connectivity index (χ1v) is 11.2. The molecule has 0 radical (unpaired) electrons. The maximum Gasteiger partial charge on any atom is 0.433 e. The summed E-state index contributed by atoms with van der Waals surface area (Å²) < 4.78 is 38.9. The molecule has 1 saturated carbocycles. The molecule has 2 fully saturated rings. The van der Waals surface area contributed by atoms with Gasteiger partial charge < -0.3 is 21.3 Å². The Hall–Kier alpha value is -4.03. The van der Waals surface area contributed by atoms with Crippen molar-refractivity contribution in [2.24, 2.45) is 11.7 Å². The summed E-state index contributed by atoms with van der Waals surface area (Å²) in [6.07, 6.45) is -3.50. The van der Waals surface area contributed by atoms with Gasteiger partial charge in [0.05, 0.1) is 23.5 Å². The number of nitrogens with one attached hydrogen (secondary N) is 2. The summed E-state index contributed by atoms with van der Waals surface area (Å²) in [5.74, 6) is -1.92. The first-order valence-electron chi connectivity index (χ1n) is 11.2. The molecule has 2 aromatic rings.